The predicted molar refractivity (Wildman–Crippen MR) is 346 cm³/mol. The number of rotatable bonds is 64. The Morgan fingerprint density at radius 2 is 0.704 bits per heavy atom. The first-order chi connectivity index (χ1) is 39.8. The van der Waals surface area contributed by atoms with Gasteiger partial charge in [-0.3, -0.25) is 4.79 Å². The molecule has 0 radical (unpaired) electrons. The average molecular weight is 1150 g/mol. The van der Waals surface area contributed by atoms with Crippen molar-refractivity contribution in [2.45, 2.75) is 416 Å². The molecule has 0 aromatic heterocycles. The van der Waals surface area contributed by atoms with Crippen molar-refractivity contribution >= 4 is 5.91 Å². The summed E-state index contributed by atoms with van der Waals surface area (Å²) in [6.07, 6.45) is 74.6. The molecule has 7 unspecified atom stereocenters. The number of allylic oxidation sites excluding steroid dienone is 3. The summed E-state index contributed by atoms with van der Waals surface area (Å²) in [5, 5.41) is 54.7. The van der Waals surface area contributed by atoms with Gasteiger partial charge in [-0.15, -0.1) is 0 Å². The highest BCUT2D eigenvalue weighted by Crippen LogP contribution is 2.24. The summed E-state index contributed by atoms with van der Waals surface area (Å²) < 4.78 is 11.3. The van der Waals surface area contributed by atoms with Crippen LogP contribution in [0.2, 0.25) is 0 Å². The zero-order valence-corrected chi connectivity index (χ0v) is 53.8. The lowest BCUT2D eigenvalue weighted by Gasteiger charge is -2.40. The van der Waals surface area contributed by atoms with Crippen LogP contribution in [0.1, 0.15) is 373 Å². The maximum Gasteiger partial charge on any atom is 0.220 e. The van der Waals surface area contributed by atoms with Gasteiger partial charge in [-0.05, 0) is 32.1 Å². The summed E-state index contributed by atoms with van der Waals surface area (Å²) >= 11 is 0. The summed E-state index contributed by atoms with van der Waals surface area (Å²) in [5.41, 5.74) is 0. The molecule has 0 aromatic rings. The number of nitrogens with one attached hydrogen (secondary N) is 1. The molecule has 1 amide bonds. The molecule has 0 saturated carbocycles. The van der Waals surface area contributed by atoms with Gasteiger partial charge in [-0.2, -0.15) is 0 Å². The molecule has 0 aliphatic carbocycles. The van der Waals surface area contributed by atoms with Crippen LogP contribution in [-0.4, -0.2) is 87.5 Å². The largest absolute Gasteiger partial charge is 0.394 e. The van der Waals surface area contributed by atoms with Crippen molar-refractivity contribution in [1.82, 2.24) is 5.32 Å². The molecule has 0 spiro atoms. The second-order valence-corrected chi connectivity index (χ2v) is 25.4. The van der Waals surface area contributed by atoms with E-state index in [1.54, 1.807) is 6.08 Å². The minimum atomic E-state index is -1.57. The number of aliphatic hydroxyl groups excluding tert-OH is 5. The van der Waals surface area contributed by atoms with Crippen molar-refractivity contribution < 1.29 is 39.8 Å². The Morgan fingerprint density at radius 3 is 1.04 bits per heavy atom. The van der Waals surface area contributed by atoms with E-state index >= 15 is 0 Å². The van der Waals surface area contributed by atoms with E-state index in [1.807, 2.05) is 6.08 Å². The van der Waals surface area contributed by atoms with Crippen LogP contribution in [0.15, 0.2) is 24.3 Å². The molecule has 1 heterocycles. The van der Waals surface area contributed by atoms with Gasteiger partial charge in [0.1, 0.15) is 24.4 Å². The van der Waals surface area contributed by atoms with Crippen LogP contribution in [0, 0.1) is 0 Å². The first-order valence-corrected chi connectivity index (χ1v) is 36.1. The Balaban J connectivity index is 2.07. The van der Waals surface area contributed by atoms with Crippen LogP contribution in [0.25, 0.3) is 0 Å². The van der Waals surface area contributed by atoms with Crippen LogP contribution in [-0.2, 0) is 14.3 Å². The van der Waals surface area contributed by atoms with Gasteiger partial charge in [0.05, 0.1) is 25.4 Å². The third-order valence-electron chi connectivity index (χ3n) is 17.5. The highest BCUT2D eigenvalue weighted by atomic mass is 16.7. The van der Waals surface area contributed by atoms with Gasteiger partial charge in [-0.25, -0.2) is 0 Å². The van der Waals surface area contributed by atoms with Gasteiger partial charge in [0.15, 0.2) is 6.29 Å². The quantitative estimate of drug-likeness (QED) is 0.0261. The number of hydrogen-bond donors (Lipinski definition) is 6. The van der Waals surface area contributed by atoms with Crippen molar-refractivity contribution in [2.24, 2.45) is 0 Å². The monoisotopic (exact) mass is 1150 g/mol. The standard InChI is InChI=1S/C72H139NO8/c1-3-5-7-9-11-13-15-17-19-21-23-25-26-27-28-29-30-31-32-33-34-35-36-37-38-39-40-42-44-46-48-50-52-54-56-58-60-62-68(76)73-65(64-80-72-71(79)70(78)69(77)67(63-74)81-72)66(75)61-59-57-55-53-51-49-47-45-43-41-24-22-20-18-16-14-12-10-8-6-4-2/h51,53,59,61,65-67,69-72,74-75,77-79H,3-50,52,54-58,60,62-64H2,1-2H3,(H,73,76)/b53-51+,61-59+. The molecule has 480 valence electrons. The number of carbonyl (C=O) groups is 1. The molecule has 7 atom stereocenters. The maximum absolute atomic E-state index is 13.1. The van der Waals surface area contributed by atoms with E-state index < -0.39 is 49.5 Å². The van der Waals surface area contributed by atoms with Gasteiger partial charge >= 0.3 is 0 Å². The average Bonchev–Trinajstić information content (AvgIpc) is 3.50. The SMILES string of the molecule is CCCCCCCCCCCCCCCCC/C=C/CC/C=C/C(O)C(COC1OC(CO)C(O)C(O)C1O)NC(=O)CCCCCCCCCCCCCCCCCCCCCCCCCCCCCCCCCCCCCCC. The molecule has 6 N–H and O–H groups in total. The highest BCUT2D eigenvalue weighted by Gasteiger charge is 2.44. The molecule has 1 fully saturated rings. The van der Waals surface area contributed by atoms with Gasteiger partial charge < -0.3 is 40.3 Å². The Labute approximate surface area is 502 Å². The summed E-state index contributed by atoms with van der Waals surface area (Å²) in [6, 6.07) is -0.820. The highest BCUT2D eigenvalue weighted by molar-refractivity contribution is 5.76. The molecular formula is C72H139NO8. The van der Waals surface area contributed by atoms with Crippen LogP contribution in [0.4, 0.5) is 0 Å². The molecule has 1 rings (SSSR count). The number of carbonyl (C=O) groups excluding carboxylic acids is 1. The topological polar surface area (TPSA) is 149 Å². The summed E-state index contributed by atoms with van der Waals surface area (Å²) in [7, 11) is 0. The summed E-state index contributed by atoms with van der Waals surface area (Å²) in [4.78, 5) is 13.1. The van der Waals surface area contributed by atoms with Crippen molar-refractivity contribution in [3.8, 4) is 0 Å². The number of ether oxygens (including phenoxy) is 2. The number of hydrogen-bond acceptors (Lipinski definition) is 8. The molecule has 9 nitrogen and oxygen atoms in total. The van der Waals surface area contributed by atoms with E-state index in [2.05, 4.69) is 31.3 Å². The van der Waals surface area contributed by atoms with Crippen molar-refractivity contribution in [3.05, 3.63) is 24.3 Å². The van der Waals surface area contributed by atoms with E-state index in [-0.39, 0.29) is 12.5 Å². The Hall–Kier alpha value is -1.33. The first-order valence-electron chi connectivity index (χ1n) is 36.1. The van der Waals surface area contributed by atoms with Crippen molar-refractivity contribution in [3.63, 3.8) is 0 Å². The lowest BCUT2D eigenvalue weighted by molar-refractivity contribution is -0.302. The van der Waals surface area contributed by atoms with Crippen molar-refractivity contribution in [1.29, 1.82) is 0 Å². The molecule has 81 heavy (non-hydrogen) atoms. The minimum Gasteiger partial charge on any atom is -0.394 e. The Kier molecular flexibility index (Phi) is 59.2. The minimum absolute atomic E-state index is 0.178. The smallest absolute Gasteiger partial charge is 0.220 e. The first kappa shape index (κ1) is 77.7. The fourth-order valence-electron chi connectivity index (χ4n) is 11.9. The molecule has 1 saturated heterocycles. The normalized spacial score (nSPS) is 18.4. The van der Waals surface area contributed by atoms with Crippen LogP contribution in [0.3, 0.4) is 0 Å². The Morgan fingerprint density at radius 1 is 0.407 bits per heavy atom. The fraction of sp³-hybridized carbons (Fsp3) is 0.931. The van der Waals surface area contributed by atoms with Gasteiger partial charge in [0.2, 0.25) is 5.91 Å². The molecular weight excluding hydrogens is 1010 g/mol. The molecule has 1 aliphatic rings. The van der Waals surface area contributed by atoms with Gasteiger partial charge in [-0.1, -0.05) is 359 Å². The lowest BCUT2D eigenvalue weighted by atomic mass is 9.99. The van der Waals surface area contributed by atoms with E-state index in [0.29, 0.717) is 6.42 Å². The van der Waals surface area contributed by atoms with E-state index in [9.17, 15) is 30.3 Å². The van der Waals surface area contributed by atoms with E-state index in [0.717, 1.165) is 38.5 Å². The second kappa shape index (κ2) is 61.7. The number of unbranched alkanes of at least 4 members (excludes halogenated alkanes) is 52. The van der Waals surface area contributed by atoms with E-state index in [4.69, 9.17) is 9.47 Å². The van der Waals surface area contributed by atoms with Crippen LogP contribution in [0.5, 0.6) is 0 Å². The van der Waals surface area contributed by atoms with Gasteiger partial charge in [0, 0.05) is 6.42 Å². The molecule has 0 aromatic carbocycles. The number of aliphatic hydroxyl groups is 5. The molecule has 9 heteroatoms. The van der Waals surface area contributed by atoms with Crippen LogP contribution < -0.4 is 5.32 Å². The third-order valence-corrected chi connectivity index (χ3v) is 17.5. The summed E-state index contributed by atoms with van der Waals surface area (Å²) in [5.74, 6) is -0.178. The van der Waals surface area contributed by atoms with Crippen molar-refractivity contribution in [2.75, 3.05) is 13.2 Å². The molecule has 0 bridgehead atoms. The fourth-order valence-corrected chi connectivity index (χ4v) is 11.9. The molecule has 1 aliphatic heterocycles. The zero-order chi connectivity index (χ0) is 58.6. The second-order valence-electron chi connectivity index (χ2n) is 25.4. The Bertz CT molecular complexity index is 1330. The zero-order valence-electron chi connectivity index (χ0n) is 53.8. The number of amides is 1. The van der Waals surface area contributed by atoms with Crippen LogP contribution >= 0.6 is 0 Å². The van der Waals surface area contributed by atoms with Gasteiger partial charge in [0.25, 0.3) is 0 Å². The lowest BCUT2D eigenvalue weighted by Crippen LogP contribution is -2.60. The third kappa shape index (κ3) is 50.5. The maximum atomic E-state index is 13.1. The summed E-state index contributed by atoms with van der Waals surface area (Å²) in [6.45, 7) is 3.82. The predicted octanol–water partition coefficient (Wildman–Crippen LogP) is 19.6. The van der Waals surface area contributed by atoms with E-state index in [1.165, 1.54) is 315 Å².